The van der Waals surface area contributed by atoms with Crippen molar-refractivity contribution in [1.82, 2.24) is 15.1 Å². The molecular weight excluding hydrogens is 352 g/mol. The minimum Gasteiger partial charge on any atom is -0.504 e. The van der Waals surface area contributed by atoms with Crippen molar-refractivity contribution < 1.29 is 15.0 Å². The third kappa shape index (κ3) is 3.36. The summed E-state index contributed by atoms with van der Waals surface area (Å²) in [6.45, 7) is 5.11. The summed E-state index contributed by atoms with van der Waals surface area (Å²) in [5.41, 5.74) is 1.62. The first-order chi connectivity index (χ1) is 12.6. The molecule has 3 rings (SSSR count). The maximum Gasteiger partial charge on any atom is 0.267 e. The van der Waals surface area contributed by atoms with E-state index in [1.807, 2.05) is 17.2 Å². The van der Waals surface area contributed by atoms with Gasteiger partial charge in [-0.25, -0.2) is 0 Å². The Hall–Kier alpha value is -2.63. The zero-order chi connectivity index (χ0) is 18.7. The van der Waals surface area contributed by atoms with Gasteiger partial charge in [-0.05, 0) is 25.1 Å². The molecule has 7 nitrogen and oxygen atoms in total. The summed E-state index contributed by atoms with van der Waals surface area (Å²) >= 11 is 1.33. The maximum absolute atomic E-state index is 12.8. The molecule has 26 heavy (non-hydrogen) atoms. The van der Waals surface area contributed by atoms with Gasteiger partial charge in [-0.1, -0.05) is 11.8 Å². The van der Waals surface area contributed by atoms with E-state index in [9.17, 15) is 20.3 Å². The van der Waals surface area contributed by atoms with Gasteiger partial charge in [0.15, 0.2) is 11.5 Å². The molecule has 0 saturated carbocycles. The predicted molar refractivity (Wildman–Crippen MR) is 99.8 cm³/mol. The molecule has 2 aliphatic heterocycles. The van der Waals surface area contributed by atoms with Crippen LogP contribution in [0, 0.1) is 11.3 Å². The highest BCUT2D eigenvalue weighted by Gasteiger charge is 2.30. The molecule has 1 fully saturated rings. The Balaban J connectivity index is 1.92. The van der Waals surface area contributed by atoms with Gasteiger partial charge in [0, 0.05) is 43.7 Å². The SMILES string of the molecule is CCN1C(c2ccc(O)c(O)c2)=CSC1=C(C#N)C(=O)N1CCNCC1. The summed E-state index contributed by atoms with van der Waals surface area (Å²) < 4.78 is 0. The number of hydrogen-bond acceptors (Lipinski definition) is 7. The van der Waals surface area contributed by atoms with Crippen LogP contribution in [0.4, 0.5) is 0 Å². The van der Waals surface area contributed by atoms with Crippen LogP contribution in [0.3, 0.4) is 0 Å². The molecule has 2 aliphatic rings. The van der Waals surface area contributed by atoms with Crippen LogP contribution in [0.1, 0.15) is 12.5 Å². The number of amides is 1. The van der Waals surface area contributed by atoms with Crippen LogP contribution in [0.5, 0.6) is 11.5 Å². The van der Waals surface area contributed by atoms with E-state index in [-0.39, 0.29) is 23.0 Å². The monoisotopic (exact) mass is 372 g/mol. The highest BCUT2D eigenvalue weighted by molar-refractivity contribution is 8.06. The minimum absolute atomic E-state index is 0.132. The molecule has 136 valence electrons. The van der Waals surface area contributed by atoms with Crippen molar-refractivity contribution in [3.8, 4) is 17.6 Å². The second kappa shape index (κ2) is 7.72. The van der Waals surface area contributed by atoms with Crippen molar-refractivity contribution in [2.24, 2.45) is 0 Å². The van der Waals surface area contributed by atoms with E-state index in [2.05, 4.69) is 11.4 Å². The van der Waals surface area contributed by atoms with Crippen LogP contribution < -0.4 is 5.32 Å². The molecule has 0 aromatic heterocycles. The third-order valence-electron chi connectivity index (χ3n) is 4.35. The lowest BCUT2D eigenvalue weighted by atomic mass is 10.1. The number of thioether (sulfide) groups is 1. The summed E-state index contributed by atoms with van der Waals surface area (Å²) in [6, 6.07) is 6.66. The average molecular weight is 372 g/mol. The molecule has 0 atom stereocenters. The summed E-state index contributed by atoms with van der Waals surface area (Å²) in [5, 5.41) is 34.5. The second-order valence-electron chi connectivity index (χ2n) is 5.90. The van der Waals surface area contributed by atoms with Crippen LogP contribution in [-0.2, 0) is 4.79 Å². The molecule has 1 amide bonds. The van der Waals surface area contributed by atoms with Gasteiger partial charge in [-0.3, -0.25) is 4.79 Å². The van der Waals surface area contributed by atoms with E-state index >= 15 is 0 Å². The second-order valence-corrected chi connectivity index (χ2v) is 6.76. The van der Waals surface area contributed by atoms with E-state index in [1.54, 1.807) is 11.0 Å². The summed E-state index contributed by atoms with van der Waals surface area (Å²) in [4.78, 5) is 16.4. The van der Waals surface area contributed by atoms with Gasteiger partial charge in [0.25, 0.3) is 5.91 Å². The number of benzene rings is 1. The van der Waals surface area contributed by atoms with E-state index in [0.29, 0.717) is 30.2 Å². The van der Waals surface area contributed by atoms with Crippen molar-refractivity contribution in [2.45, 2.75) is 6.92 Å². The van der Waals surface area contributed by atoms with Gasteiger partial charge in [0.05, 0.1) is 5.70 Å². The molecule has 2 heterocycles. The number of rotatable bonds is 3. The van der Waals surface area contributed by atoms with Crippen molar-refractivity contribution in [3.63, 3.8) is 0 Å². The molecular formula is C18H20N4O3S. The number of carbonyl (C=O) groups excluding carboxylic acids is 1. The smallest absolute Gasteiger partial charge is 0.267 e. The average Bonchev–Trinajstić information content (AvgIpc) is 3.09. The van der Waals surface area contributed by atoms with Crippen molar-refractivity contribution in [3.05, 3.63) is 39.8 Å². The fraction of sp³-hybridized carbons (Fsp3) is 0.333. The van der Waals surface area contributed by atoms with Gasteiger partial charge in [-0.2, -0.15) is 5.26 Å². The fourth-order valence-corrected chi connectivity index (χ4v) is 4.07. The van der Waals surface area contributed by atoms with Gasteiger partial charge < -0.3 is 25.3 Å². The molecule has 1 aromatic rings. The number of nitrogens with one attached hydrogen (secondary N) is 1. The molecule has 3 N–H and O–H groups in total. The molecule has 1 aromatic carbocycles. The standard InChI is InChI=1S/C18H20N4O3S/c1-2-22-14(12-3-4-15(23)16(24)9-12)11-26-18(22)13(10-19)17(25)21-7-5-20-6-8-21/h3-4,9,11,20,23-24H,2,5-8H2,1H3. The Morgan fingerprint density at radius 3 is 2.65 bits per heavy atom. The number of nitriles is 1. The van der Waals surface area contributed by atoms with E-state index in [1.165, 1.54) is 23.9 Å². The topological polar surface area (TPSA) is 99.8 Å². The predicted octanol–water partition coefficient (Wildman–Crippen LogP) is 1.63. The van der Waals surface area contributed by atoms with Crippen molar-refractivity contribution >= 4 is 23.4 Å². The van der Waals surface area contributed by atoms with Crippen LogP contribution in [-0.4, -0.2) is 58.6 Å². The molecule has 0 unspecified atom stereocenters. The van der Waals surface area contributed by atoms with Crippen LogP contribution in [0.15, 0.2) is 34.2 Å². The number of carbonyl (C=O) groups is 1. The summed E-state index contributed by atoms with van der Waals surface area (Å²) in [6.07, 6.45) is 0. The first-order valence-electron chi connectivity index (χ1n) is 8.38. The highest BCUT2D eigenvalue weighted by Crippen LogP contribution is 2.42. The number of hydrogen-bond donors (Lipinski definition) is 3. The lowest BCUT2D eigenvalue weighted by Gasteiger charge is -2.28. The van der Waals surface area contributed by atoms with Gasteiger partial charge >= 0.3 is 0 Å². The minimum atomic E-state index is -0.252. The number of piperazine rings is 1. The van der Waals surface area contributed by atoms with Crippen LogP contribution in [0.2, 0.25) is 0 Å². The molecule has 1 saturated heterocycles. The van der Waals surface area contributed by atoms with Crippen LogP contribution in [0.25, 0.3) is 5.70 Å². The zero-order valence-electron chi connectivity index (χ0n) is 14.4. The van der Waals surface area contributed by atoms with Crippen LogP contribution >= 0.6 is 11.8 Å². The number of phenolic OH excluding ortho intramolecular Hbond substituents is 2. The summed E-state index contributed by atoms with van der Waals surface area (Å²) in [7, 11) is 0. The normalized spacial score (nSPS) is 19.2. The Kier molecular flexibility index (Phi) is 5.40. The molecule has 0 bridgehead atoms. The maximum atomic E-state index is 12.8. The quantitative estimate of drug-likeness (QED) is 0.421. The molecule has 8 heteroatoms. The Morgan fingerprint density at radius 2 is 2.04 bits per heavy atom. The Bertz CT molecular complexity index is 822. The molecule has 0 radical (unpaired) electrons. The van der Waals surface area contributed by atoms with Crippen molar-refractivity contribution in [1.29, 1.82) is 5.26 Å². The summed E-state index contributed by atoms with van der Waals surface area (Å²) in [5.74, 6) is -0.650. The fourth-order valence-electron chi connectivity index (χ4n) is 2.98. The van der Waals surface area contributed by atoms with Gasteiger partial charge in [0.1, 0.15) is 16.7 Å². The largest absolute Gasteiger partial charge is 0.504 e. The van der Waals surface area contributed by atoms with Gasteiger partial charge in [0.2, 0.25) is 0 Å². The van der Waals surface area contributed by atoms with E-state index < -0.39 is 0 Å². The van der Waals surface area contributed by atoms with Crippen molar-refractivity contribution in [2.75, 3.05) is 32.7 Å². The first kappa shape index (κ1) is 18.2. The lowest BCUT2D eigenvalue weighted by Crippen LogP contribution is -2.47. The first-order valence-corrected chi connectivity index (χ1v) is 9.25. The van der Waals surface area contributed by atoms with E-state index in [0.717, 1.165) is 18.8 Å². The highest BCUT2D eigenvalue weighted by atomic mass is 32.2. The molecule has 0 aliphatic carbocycles. The number of aromatic hydroxyl groups is 2. The third-order valence-corrected chi connectivity index (χ3v) is 5.34. The zero-order valence-corrected chi connectivity index (χ0v) is 15.2. The molecule has 0 spiro atoms. The lowest BCUT2D eigenvalue weighted by molar-refractivity contribution is -0.127. The van der Waals surface area contributed by atoms with Gasteiger partial charge in [-0.15, -0.1) is 0 Å². The van der Waals surface area contributed by atoms with E-state index in [4.69, 9.17) is 0 Å². The Morgan fingerprint density at radius 1 is 1.31 bits per heavy atom. The number of phenols is 2. The Labute approximate surface area is 156 Å². The number of nitrogens with zero attached hydrogens (tertiary/aromatic N) is 3.